The maximum atomic E-state index is 12.9. The molecule has 3 amide bonds. The van der Waals surface area contributed by atoms with Gasteiger partial charge in [-0.3, -0.25) is 14.5 Å². The van der Waals surface area contributed by atoms with Crippen molar-refractivity contribution >= 4 is 28.7 Å². The summed E-state index contributed by atoms with van der Waals surface area (Å²) in [7, 11) is 0. The molecule has 2 aromatic rings. The van der Waals surface area contributed by atoms with Crippen LogP contribution in [0.3, 0.4) is 0 Å². The third-order valence-electron chi connectivity index (χ3n) is 4.61. The molecule has 0 aromatic heterocycles. The summed E-state index contributed by atoms with van der Waals surface area (Å²) in [6, 6.07) is 13.0. The van der Waals surface area contributed by atoms with Gasteiger partial charge in [0.05, 0.1) is 13.0 Å². The van der Waals surface area contributed by atoms with Gasteiger partial charge in [0, 0.05) is 6.54 Å². The van der Waals surface area contributed by atoms with Crippen molar-refractivity contribution in [2.45, 2.75) is 32.2 Å². The highest BCUT2D eigenvalue weighted by molar-refractivity contribution is 6.07. The van der Waals surface area contributed by atoms with Gasteiger partial charge in [0.1, 0.15) is 5.54 Å². The van der Waals surface area contributed by atoms with E-state index in [-0.39, 0.29) is 18.9 Å². The minimum absolute atomic E-state index is 0.00698. The van der Waals surface area contributed by atoms with Crippen LogP contribution in [-0.4, -0.2) is 36.0 Å². The van der Waals surface area contributed by atoms with E-state index < -0.39 is 17.5 Å². The van der Waals surface area contributed by atoms with Crippen molar-refractivity contribution in [1.82, 2.24) is 10.2 Å². The van der Waals surface area contributed by atoms with Crippen molar-refractivity contribution in [3.8, 4) is 0 Å². The van der Waals surface area contributed by atoms with Crippen LogP contribution in [0.1, 0.15) is 32.3 Å². The Bertz CT molecular complexity index is 864. The SMILES string of the molecule is CCCOC(=O)CCN1C(=O)N[C@@](C)(c2ccc3ccccc3c2)C1=O. The number of imide groups is 1. The van der Waals surface area contributed by atoms with Crippen LogP contribution < -0.4 is 5.32 Å². The van der Waals surface area contributed by atoms with Gasteiger partial charge in [-0.15, -0.1) is 0 Å². The number of nitrogens with zero attached hydrogens (tertiary/aromatic N) is 1. The van der Waals surface area contributed by atoms with Gasteiger partial charge in [0.25, 0.3) is 5.91 Å². The number of benzene rings is 2. The second-order valence-corrected chi connectivity index (χ2v) is 6.54. The average molecular weight is 354 g/mol. The fourth-order valence-electron chi connectivity index (χ4n) is 3.09. The van der Waals surface area contributed by atoms with E-state index in [1.54, 1.807) is 6.92 Å². The van der Waals surface area contributed by atoms with Crippen molar-refractivity contribution in [1.29, 1.82) is 0 Å². The zero-order valence-electron chi connectivity index (χ0n) is 15.0. The molecule has 1 fully saturated rings. The number of carbonyl (C=O) groups excluding carboxylic acids is 3. The summed E-state index contributed by atoms with van der Waals surface area (Å²) >= 11 is 0. The number of urea groups is 1. The van der Waals surface area contributed by atoms with Gasteiger partial charge in [0.15, 0.2) is 0 Å². The Morgan fingerprint density at radius 2 is 1.88 bits per heavy atom. The predicted octanol–water partition coefficient (Wildman–Crippen LogP) is 2.95. The van der Waals surface area contributed by atoms with Crippen LogP contribution in [-0.2, 0) is 19.9 Å². The van der Waals surface area contributed by atoms with Gasteiger partial charge in [-0.1, -0.05) is 43.3 Å². The lowest BCUT2D eigenvalue weighted by atomic mass is 9.90. The number of amides is 3. The van der Waals surface area contributed by atoms with E-state index in [4.69, 9.17) is 4.74 Å². The number of rotatable bonds is 6. The Kier molecular flexibility index (Phi) is 4.93. The summed E-state index contributed by atoms with van der Waals surface area (Å²) in [5.41, 5.74) is -0.431. The quantitative estimate of drug-likeness (QED) is 0.639. The maximum Gasteiger partial charge on any atom is 0.325 e. The number of hydrogen-bond donors (Lipinski definition) is 1. The second-order valence-electron chi connectivity index (χ2n) is 6.54. The Morgan fingerprint density at radius 3 is 2.62 bits per heavy atom. The van der Waals surface area contributed by atoms with E-state index >= 15 is 0 Å². The van der Waals surface area contributed by atoms with E-state index in [0.29, 0.717) is 12.2 Å². The molecule has 1 aliphatic rings. The lowest BCUT2D eigenvalue weighted by Crippen LogP contribution is -2.41. The number of fused-ring (bicyclic) bond motifs is 1. The molecular formula is C20H22N2O4. The molecular weight excluding hydrogens is 332 g/mol. The van der Waals surface area contributed by atoms with Crippen LogP contribution in [0.2, 0.25) is 0 Å². The van der Waals surface area contributed by atoms with Crippen LogP contribution in [0.4, 0.5) is 4.79 Å². The van der Waals surface area contributed by atoms with Crippen LogP contribution in [0.25, 0.3) is 10.8 Å². The average Bonchev–Trinajstić information content (AvgIpc) is 2.87. The Morgan fingerprint density at radius 1 is 1.15 bits per heavy atom. The Balaban J connectivity index is 1.78. The van der Waals surface area contributed by atoms with E-state index in [0.717, 1.165) is 22.1 Å². The van der Waals surface area contributed by atoms with Crippen molar-refractivity contribution in [2.75, 3.05) is 13.2 Å². The lowest BCUT2D eigenvalue weighted by molar-refractivity contribution is -0.144. The Hall–Kier alpha value is -2.89. The van der Waals surface area contributed by atoms with Crippen LogP contribution >= 0.6 is 0 Å². The molecule has 136 valence electrons. The van der Waals surface area contributed by atoms with E-state index in [2.05, 4.69) is 5.32 Å². The van der Waals surface area contributed by atoms with Crippen LogP contribution in [0.5, 0.6) is 0 Å². The zero-order chi connectivity index (χ0) is 18.7. The van der Waals surface area contributed by atoms with E-state index in [1.807, 2.05) is 49.4 Å². The molecule has 2 aromatic carbocycles. The predicted molar refractivity (Wildman–Crippen MR) is 97.4 cm³/mol. The maximum absolute atomic E-state index is 12.9. The van der Waals surface area contributed by atoms with Crippen molar-refractivity contribution < 1.29 is 19.1 Å². The van der Waals surface area contributed by atoms with Gasteiger partial charge in [0.2, 0.25) is 0 Å². The molecule has 0 spiro atoms. The summed E-state index contributed by atoms with van der Waals surface area (Å²) in [5, 5.41) is 4.82. The van der Waals surface area contributed by atoms with Gasteiger partial charge in [-0.25, -0.2) is 4.79 Å². The normalized spacial score (nSPS) is 19.7. The molecule has 0 bridgehead atoms. The molecule has 0 saturated carbocycles. The molecule has 0 aliphatic carbocycles. The van der Waals surface area contributed by atoms with Gasteiger partial charge in [-0.2, -0.15) is 0 Å². The summed E-state index contributed by atoms with van der Waals surface area (Å²) in [6.45, 7) is 3.94. The molecule has 0 unspecified atom stereocenters. The van der Waals surface area contributed by atoms with Crippen LogP contribution in [0.15, 0.2) is 42.5 Å². The molecule has 1 heterocycles. The molecule has 6 nitrogen and oxygen atoms in total. The standard InChI is InChI=1S/C20H22N2O4/c1-3-12-26-17(23)10-11-22-18(24)20(2,21-19(22)25)16-9-8-14-6-4-5-7-15(14)13-16/h4-9,13H,3,10-12H2,1-2H3,(H,21,25)/t20-/m0/s1. The number of carbonyl (C=O) groups is 3. The van der Waals surface area contributed by atoms with Gasteiger partial charge >= 0.3 is 12.0 Å². The lowest BCUT2D eigenvalue weighted by Gasteiger charge is -2.22. The second kappa shape index (κ2) is 7.15. The highest BCUT2D eigenvalue weighted by Gasteiger charge is 2.48. The molecule has 1 saturated heterocycles. The molecule has 1 aliphatic heterocycles. The van der Waals surface area contributed by atoms with E-state index in [9.17, 15) is 14.4 Å². The molecule has 0 radical (unpaired) electrons. The number of ether oxygens (including phenoxy) is 1. The smallest absolute Gasteiger partial charge is 0.325 e. The van der Waals surface area contributed by atoms with Crippen molar-refractivity contribution in [2.24, 2.45) is 0 Å². The highest BCUT2D eigenvalue weighted by Crippen LogP contribution is 2.31. The van der Waals surface area contributed by atoms with Crippen LogP contribution in [0, 0.1) is 0 Å². The molecule has 1 N–H and O–H groups in total. The molecule has 26 heavy (non-hydrogen) atoms. The third kappa shape index (κ3) is 3.27. The minimum Gasteiger partial charge on any atom is -0.466 e. The van der Waals surface area contributed by atoms with Gasteiger partial charge < -0.3 is 10.1 Å². The number of esters is 1. The zero-order valence-corrected chi connectivity index (χ0v) is 15.0. The minimum atomic E-state index is -1.14. The molecule has 3 rings (SSSR count). The first-order valence-corrected chi connectivity index (χ1v) is 8.74. The summed E-state index contributed by atoms with van der Waals surface area (Å²) in [4.78, 5) is 37.9. The third-order valence-corrected chi connectivity index (χ3v) is 4.61. The first kappa shape index (κ1) is 17.9. The fourth-order valence-corrected chi connectivity index (χ4v) is 3.09. The highest BCUT2D eigenvalue weighted by atomic mass is 16.5. The topological polar surface area (TPSA) is 75.7 Å². The summed E-state index contributed by atoms with van der Waals surface area (Å²) < 4.78 is 5.00. The number of nitrogens with one attached hydrogen (secondary N) is 1. The summed E-state index contributed by atoms with van der Waals surface area (Å²) in [6.07, 6.45) is 0.724. The van der Waals surface area contributed by atoms with Crippen molar-refractivity contribution in [3.63, 3.8) is 0 Å². The molecule has 6 heteroatoms. The van der Waals surface area contributed by atoms with Crippen molar-refractivity contribution in [3.05, 3.63) is 48.0 Å². The first-order valence-electron chi connectivity index (χ1n) is 8.74. The Labute approximate surface area is 152 Å². The monoisotopic (exact) mass is 354 g/mol. The summed E-state index contributed by atoms with van der Waals surface area (Å²) in [5.74, 6) is -0.771. The number of hydrogen-bond acceptors (Lipinski definition) is 4. The van der Waals surface area contributed by atoms with Gasteiger partial charge in [-0.05, 0) is 35.7 Å². The largest absolute Gasteiger partial charge is 0.466 e. The first-order chi connectivity index (χ1) is 12.5. The fraction of sp³-hybridized carbons (Fsp3) is 0.350. The molecule has 1 atom stereocenters. The van der Waals surface area contributed by atoms with E-state index in [1.165, 1.54) is 0 Å².